The molecule has 0 aromatic carbocycles. The number of allylic oxidation sites excluding steroid dienone is 2. The van der Waals surface area contributed by atoms with Gasteiger partial charge in [0.25, 0.3) is 0 Å². The first-order valence-electron chi connectivity index (χ1n) is 5.94. The van der Waals surface area contributed by atoms with Crippen LogP contribution in [0.3, 0.4) is 0 Å². The fraction of sp³-hybridized carbons (Fsp3) is 0.429. The smallest absolute Gasteiger partial charge is 0.213 e. The molecule has 0 aliphatic carbocycles. The zero-order valence-corrected chi connectivity index (χ0v) is 10.8. The Morgan fingerprint density at radius 2 is 2.29 bits per heavy atom. The first kappa shape index (κ1) is 13.4. The number of hydrogen-bond donors (Lipinski definition) is 0. The minimum Gasteiger partial charge on any atom is -0.477 e. The molecule has 0 radical (unpaired) electrons. The monoisotopic (exact) mass is 232 g/mol. The van der Waals surface area contributed by atoms with Gasteiger partial charge in [-0.15, -0.1) is 0 Å². The molecule has 1 aromatic heterocycles. The molecule has 1 rings (SSSR count). The van der Waals surface area contributed by atoms with E-state index in [0.717, 1.165) is 24.1 Å². The Morgan fingerprint density at radius 1 is 1.47 bits per heavy atom. The van der Waals surface area contributed by atoms with Gasteiger partial charge in [-0.2, -0.15) is 0 Å². The molecule has 0 fully saturated rings. The van der Waals surface area contributed by atoms with Crippen molar-refractivity contribution in [1.29, 1.82) is 0 Å². The van der Waals surface area contributed by atoms with Gasteiger partial charge in [-0.3, -0.25) is 4.99 Å². The van der Waals surface area contributed by atoms with E-state index in [9.17, 15) is 0 Å². The van der Waals surface area contributed by atoms with E-state index in [2.05, 4.69) is 23.0 Å². The van der Waals surface area contributed by atoms with Crippen LogP contribution < -0.4 is 4.74 Å². The fourth-order valence-corrected chi connectivity index (χ4v) is 1.32. The van der Waals surface area contributed by atoms with Crippen LogP contribution in [-0.2, 0) is 0 Å². The molecule has 0 amide bonds. The van der Waals surface area contributed by atoms with Gasteiger partial charge in [-0.1, -0.05) is 19.1 Å². The SMILES string of the molecule is CC/C=C\C(CCOc1ccc(C)cn1)=NC. The summed E-state index contributed by atoms with van der Waals surface area (Å²) in [6, 6.07) is 3.88. The molecule has 3 heteroatoms. The summed E-state index contributed by atoms with van der Waals surface area (Å²) in [6.07, 6.45) is 7.79. The molecule has 1 aromatic rings. The molecule has 0 N–H and O–H groups in total. The number of aliphatic imine (C=N–C) groups is 1. The van der Waals surface area contributed by atoms with Crippen LogP contribution in [0.4, 0.5) is 0 Å². The Labute approximate surface area is 103 Å². The Hall–Kier alpha value is -1.64. The standard InChI is InChI=1S/C14H20N2O/c1-4-5-6-13(15-3)9-10-17-14-8-7-12(2)11-16-14/h5-8,11H,4,9-10H2,1-3H3/b6-5-,15-13?. The lowest BCUT2D eigenvalue weighted by Crippen LogP contribution is -2.05. The molecule has 92 valence electrons. The number of rotatable bonds is 6. The summed E-state index contributed by atoms with van der Waals surface area (Å²) in [5.74, 6) is 0.672. The van der Waals surface area contributed by atoms with Gasteiger partial charge in [-0.05, 0) is 25.0 Å². The highest BCUT2D eigenvalue weighted by Crippen LogP contribution is 2.07. The highest BCUT2D eigenvalue weighted by Gasteiger charge is 1.97. The van der Waals surface area contributed by atoms with E-state index in [1.165, 1.54) is 0 Å². The Balaban J connectivity index is 2.36. The zero-order valence-electron chi connectivity index (χ0n) is 10.8. The van der Waals surface area contributed by atoms with E-state index in [0.29, 0.717) is 12.5 Å². The Kier molecular flexibility index (Phi) is 6.00. The minimum atomic E-state index is 0.608. The van der Waals surface area contributed by atoms with Gasteiger partial charge in [0.2, 0.25) is 5.88 Å². The van der Waals surface area contributed by atoms with E-state index in [4.69, 9.17) is 4.74 Å². The zero-order chi connectivity index (χ0) is 12.5. The van der Waals surface area contributed by atoms with Gasteiger partial charge in [-0.25, -0.2) is 4.98 Å². The van der Waals surface area contributed by atoms with Gasteiger partial charge in [0.05, 0.1) is 6.61 Å². The fourth-order valence-electron chi connectivity index (χ4n) is 1.32. The van der Waals surface area contributed by atoms with E-state index in [-0.39, 0.29) is 0 Å². The number of nitrogens with zero attached hydrogens (tertiary/aromatic N) is 2. The van der Waals surface area contributed by atoms with Crippen LogP contribution in [0.15, 0.2) is 35.5 Å². The van der Waals surface area contributed by atoms with Gasteiger partial charge in [0.15, 0.2) is 0 Å². The van der Waals surface area contributed by atoms with Crippen molar-refractivity contribution in [2.45, 2.75) is 26.7 Å². The van der Waals surface area contributed by atoms with Gasteiger partial charge in [0, 0.05) is 31.4 Å². The van der Waals surface area contributed by atoms with Crippen molar-refractivity contribution >= 4 is 5.71 Å². The topological polar surface area (TPSA) is 34.5 Å². The second-order valence-corrected chi connectivity index (χ2v) is 3.80. The highest BCUT2D eigenvalue weighted by atomic mass is 16.5. The van der Waals surface area contributed by atoms with Crippen LogP contribution in [0.1, 0.15) is 25.3 Å². The molecule has 1 heterocycles. The maximum Gasteiger partial charge on any atom is 0.213 e. The summed E-state index contributed by atoms with van der Waals surface area (Å²) in [5, 5.41) is 0. The Bertz CT molecular complexity index is 380. The predicted molar refractivity (Wildman–Crippen MR) is 71.9 cm³/mol. The van der Waals surface area contributed by atoms with Crippen molar-refractivity contribution in [2.24, 2.45) is 4.99 Å². The van der Waals surface area contributed by atoms with E-state index < -0.39 is 0 Å². The summed E-state index contributed by atoms with van der Waals surface area (Å²) in [5.41, 5.74) is 2.19. The van der Waals surface area contributed by atoms with Crippen LogP contribution >= 0.6 is 0 Å². The molecular formula is C14H20N2O. The van der Waals surface area contributed by atoms with Crippen LogP contribution in [0, 0.1) is 6.92 Å². The molecule has 0 saturated heterocycles. The largest absolute Gasteiger partial charge is 0.477 e. The van der Waals surface area contributed by atoms with Crippen molar-refractivity contribution in [3.63, 3.8) is 0 Å². The molecule has 0 aliphatic heterocycles. The summed E-state index contributed by atoms with van der Waals surface area (Å²) >= 11 is 0. The molecule has 3 nitrogen and oxygen atoms in total. The normalized spacial score (nSPS) is 12.1. The van der Waals surface area contributed by atoms with E-state index in [1.807, 2.05) is 25.1 Å². The highest BCUT2D eigenvalue weighted by molar-refractivity contribution is 5.94. The van der Waals surface area contributed by atoms with Gasteiger partial charge >= 0.3 is 0 Å². The van der Waals surface area contributed by atoms with Crippen molar-refractivity contribution in [2.75, 3.05) is 13.7 Å². The lowest BCUT2D eigenvalue weighted by Gasteiger charge is -2.05. The number of pyridine rings is 1. The van der Waals surface area contributed by atoms with Crippen LogP contribution in [-0.4, -0.2) is 24.4 Å². The quantitative estimate of drug-likeness (QED) is 0.706. The molecule has 0 spiro atoms. The first-order valence-corrected chi connectivity index (χ1v) is 5.94. The molecule has 17 heavy (non-hydrogen) atoms. The van der Waals surface area contributed by atoms with E-state index in [1.54, 1.807) is 13.2 Å². The predicted octanol–water partition coefficient (Wildman–Crippen LogP) is 3.20. The van der Waals surface area contributed by atoms with Gasteiger partial charge in [0.1, 0.15) is 0 Å². The molecule has 0 unspecified atom stereocenters. The van der Waals surface area contributed by atoms with Crippen molar-refractivity contribution in [3.05, 3.63) is 36.0 Å². The summed E-state index contributed by atoms with van der Waals surface area (Å²) < 4.78 is 5.55. The lowest BCUT2D eigenvalue weighted by atomic mass is 10.2. The summed E-state index contributed by atoms with van der Waals surface area (Å²) in [6.45, 7) is 4.72. The lowest BCUT2D eigenvalue weighted by molar-refractivity contribution is 0.316. The van der Waals surface area contributed by atoms with Crippen LogP contribution in [0.25, 0.3) is 0 Å². The maximum absolute atomic E-state index is 5.55. The molecular weight excluding hydrogens is 212 g/mol. The average molecular weight is 232 g/mol. The third-order valence-corrected chi connectivity index (χ3v) is 2.33. The number of hydrogen-bond acceptors (Lipinski definition) is 3. The van der Waals surface area contributed by atoms with Crippen LogP contribution in [0.5, 0.6) is 5.88 Å². The molecule has 0 bridgehead atoms. The van der Waals surface area contributed by atoms with Crippen molar-refractivity contribution < 1.29 is 4.74 Å². The number of ether oxygens (including phenoxy) is 1. The second kappa shape index (κ2) is 7.60. The van der Waals surface area contributed by atoms with Gasteiger partial charge < -0.3 is 4.74 Å². The second-order valence-electron chi connectivity index (χ2n) is 3.80. The van der Waals surface area contributed by atoms with Crippen molar-refractivity contribution in [1.82, 2.24) is 4.98 Å². The average Bonchev–Trinajstić information content (AvgIpc) is 2.36. The van der Waals surface area contributed by atoms with Crippen molar-refractivity contribution in [3.8, 4) is 5.88 Å². The minimum absolute atomic E-state index is 0.608. The number of aromatic nitrogens is 1. The summed E-state index contributed by atoms with van der Waals surface area (Å²) in [4.78, 5) is 8.38. The maximum atomic E-state index is 5.55. The molecule has 0 aliphatic rings. The Morgan fingerprint density at radius 3 is 2.88 bits per heavy atom. The van der Waals surface area contributed by atoms with Crippen LogP contribution in [0.2, 0.25) is 0 Å². The first-order chi connectivity index (χ1) is 8.26. The summed E-state index contributed by atoms with van der Waals surface area (Å²) in [7, 11) is 1.81. The van der Waals surface area contributed by atoms with E-state index >= 15 is 0 Å². The third-order valence-electron chi connectivity index (χ3n) is 2.33. The molecule has 0 atom stereocenters. The molecule has 0 saturated carbocycles. The third kappa shape index (κ3) is 5.29. The number of aryl methyl sites for hydroxylation is 1.